The van der Waals surface area contributed by atoms with Crippen LogP contribution in [0.3, 0.4) is 0 Å². The van der Waals surface area contributed by atoms with Crippen LogP contribution in [-0.4, -0.2) is 18.1 Å². The molecule has 0 bridgehead atoms. The van der Waals surface area contributed by atoms with Crippen LogP contribution >= 0.6 is 11.3 Å². The Morgan fingerprint density at radius 3 is 2.56 bits per heavy atom. The highest BCUT2D eigenvalue weighted by Gasteiger charge is 2.11. The normalized spacial score (nSPS) is 10.6. The van der Waals surface area contributed by atoms with Gasteiger partial charge < -0.3 is 10.6 Å². The first-order valence-corrected chi connectivity index (χ1v) is 6.79. The van der Waals surface area contributed by atoms with Crippen molar-refractivity contribution >= 4 is 22.2 Å². The third-order valence-corrected chi connectivity index (χ3v) is 3.54. The van der Waals surface area contributed by atoms with Gasteiger partial charge in [0.1, 0.15) is 5.82 Å². The van der Waals surface area contributed by atoms with Crippen LogP contribution in [0.15, 0.2) is 23.6 Å². The van der Waals surface area contributed by atoms with E-state index in [0.717, 1.165) is 24.3 Å². The molecule has 5 heteroatoms. The van der Waals surface area contributed by atoms with Crippen molar-refractivity contribution < 1.29 is 4.39 Å². The summed E-state index contributed by atoms with van der Waals surface area (Å²) in [6.07, 6.45) is 0. The maximum atomic E-state index is 14.1. The molecule has 2 rings (SSSR count). The summed E-state index contributed by atoms with van der Waals surface area (Å²) >= 11 is 1.36. The van der Waals surface area contributed by atoms with Crippen LogP contribution < -0.4 is 10.6 Å². The highest BCUT2D eigenvalue weighted by molar-refractivity contribution is 7.13. The van der Waals surface area contributed by atoms with Crippen LogP contribution in [0.1, 0.15) is 13.8 Å². The van der Waals surface area contributed by atoms with Crippen LogP contribution in [0, 0.1) is 5.82 Å². The van der Waals surface area contributed by atoms with Crippen molar-refractivity contribution in [2.75, 3.05) is 23.7 Å². The molecule has 0 saturated carbocycles. The first-order chi connectivity index (χ1) is 8.65. The Bertz CT molecular complexity index is 535. The van der Waals surface area contributed by atoms with Gasteiger partial charge in [-0.15, -0.1) is 11.3 Å². The van der Waals surface area contributed by atoms with E-state index in [4.69, 9.17) is 5.73 Å². The average molecular weight is 265 g/mol. The van der Waals surface area contributed by atoms with Gasteiger partial charge in [-0.1, -0.05) is 6.07 Å². The number of hydrogen-bond donors (Lipinski definition) is 1. The number of thiazole rings is 1. The van der Waals surface area contributed by atoms with Crippen molar-refractivity contribution in [3.63, 3.8) is 0 Å². The predicted octanol–water partition coefficient (Wildman–Crippen LogP) is 3.38. The fourth-order valence-electron chi connectivity index (χ4n) is 1.91. The van der Waals surface area contributed by atoms with E-state index in [-0.39, 0.29) is 5.82 Å². The molecule has 0 radical (unpaired) electrons. The number of aromatic nitrogens is 1. The number of halogens is 1. The Kier molecular flexibility index (Phi) is 3.81. The van der Waals surface area contributed by atoms with Crippen molar-refractivity contribution in [1.29, 1.82) is 0 Å². The number of anilines is 2. The zero-order valence-corrected chi connectivity index (χ0v) is 11.3. The zero-order chi connectivity index (χ0) is 13.1. The summed E-state index contributed by atoms with van der Waals surface area (Å²) in [4.78, 5) is 6.13. The van der Waals surface area contributed by atoms with E-state index in [9.17, 15) is 4.39 Å². The summed E-state index contributed by atoms with van der Waals surface area (Å²) in [5.74, 6) is -0.220. The average Bonchev–Trinajstić information content (AvgIpc) is 2.79. The molecule has 0 amide bonds. The van der Waals surface area contributed by atoms with Crippen molar-refractivity contribution in [2.45, 2.75) is 13.8 Å². The maximum Gasteiger partial charge on any atom is 0.180 e. The van der Waals surface area contributed by atoms with Crippen LogP contribution in [0.5, 0.6) is 0 Å². The Labute approximate surface area is 110 Å². The lowest BCUT2D eigenvalue weighted by atomic mass is 10.1. The van der Waals surface area contributed by atoms with Gasteiger partial charge in [-0.05, 0) is 26.0 Å². The lowest BCUT2D eigenvalue weighted by molar-refractivity contribution is 0.620. The molecular formula is C13H16FN3S. The van der Waals surface area contributed by atoms with Crippen molar-refractivity contribution in [3.05, 3.63) is 29.4 Å². The molecule has 18 heavy (non-hydrogen) atoms. The first-order valence-electron chi connectivity index (χ1n) is 5.91. The molecule has 0 fully saturated rings. The highest BCUT2D eigenvalue weighted by atomic mass is 32.1. The predicted molar refractivity (Wildman–Crippen MR) is 75.5 cm³/mol. The van der Waals surface area contributed by atoms with Gasteiger partial charge in [0.2, 0.25) is 0 Å². The van der Waals surface area contributed by atoms with E-state index in [1.807, 2.05) is 30.2 Å². The number of nitrogens with two attached hydrogens (primary N) is 1. The van der Waals surface area contributed by atoms with Gasteiger partial charge in [0.05, 0.1) is 11.4 Å². The van der Waals surface area contributed by atoms with E-state index in [0.29, 0.717) is 10.8 Å². The minimum atomic E-state index is -0.220. The molecule has 1 aromatic heterocycles. The second-order valence-electron chi connectivity index (χ2n) is 3.91. The van der Waals surface area contributed by atoms with Crippen LogP contribution in [0.2, 0.25) is 0 Å². The fraction of sp³-hybridized carbons (Fsp3) is 0.308. The second kappa shape index (κ2) is 5.35. The molecule has 0 aliphatic heterocycles. The molecule has 0 saturated heterocycles. The highest BCUT2D eigenvalue weighted by Crippen LogP contribution is 2.28. The molecule has 0 atom stereocenters. The summed E-state index contributed by atoms with van der Waals surface area (Å²) in [6, 6.07) is 5.20. The van der Waals surface area contributed by atoms with Gasteiger partial charge in [-0.25, -0.2) is 9.37 Å². The Morgan fingerprint density at radius 1 is 1.33 bits per heavy atom. The van der Waals surface area contributed by atoms with Crippen LogP contribution in [-0.2, 0) is 0 Å². The molecule has 0 spiro atoms. The minimum absolute atomic E-state index is 0.220. The topological polar surface area (TPSA) is 42.1 Å². The minimum Gasteiger partial charge on any atom is -0.375 e. The summed E-state index contributed by atoms with van der Waals surface area (Å²) < 4.78 is 14.1. The molecule has 1 aromatic carbocycles. The summed E-state index contributed by atoms with van der Waals surface area (Å²) in [5.41, 5.74) is 7.70. The van der Waals surface area contributed by atoms with Crippen molar-refractivity contribution in [2.24, 2.45) is 0 Å². The lowest BCUT2D eigenvalue weighted by Gasteiger charge is -2.21. The third-order valence-electron chi connectivity index (χ3n) is 2.87. The molecule has 2 N–H and O–H groups in total. The van der Waals surface area contributed by atoms with Gasteiger partial charge in [0.15, 0.2) is 5.13 Å². The van der Waals surface area contributed by atoms with Crippen molar-refractivity contribution in [1.82, 2.24) is 4.98 Å². The zero-order valence-electron chi connectivity index (χ0n) is 10.5. The first kappa shape index (κ1) is 12.8. The molecule has 3 nitrogen and oxygen atoms in total. The van der Waals surface area contributed by atoms with Gasteiger partial charge in [0, 0.05) is 24.0 Å². The summed E-state index contributed by atoms with van der Waals surface area (Å²) in [6.45, 7) is 5.60. The van der Waals surface area contributed by atoms with Gasteiger partial charge in [-0.3, -0.25) is 0 Å². The summed E-state index contributed by atoms with van der Waals surface area (Å²) in [7, 11) is 0. The Morgan fingerprint density at radius 2 is 2.06 bits per heavy atom. The monoisotopic (exact) mass is 265 g/mol. The molecular weight excluding hydrogens is 249 g/mol. The molecule has 0 aliphatic rings. The van der Waals surface area contributed by atoms with Crippen LogP contribution in [0.25, 0.3) is 11.3 Å². The van der Waals surface area contributed by atoms with E-state index in [1.54, 1.807) is 6.07 Å². The second-order valence-corrected chi connectivity index (χ2v) is 4.80. The Hall–Kier alpha value is -1.62. The van der Waals surface area contributed by atoms with Gasteiger partial charge in [-0.2, -0.15) is 0 Å². The van der Waals surface area contributed by atoms with Gasteiger partial charge >= 0.3 is 0 Å². The van der Waals surface area contributed by atoms with E-state index in [1.165, 1.54) is 17.4 Å². The number of hydrogen-bond acceptors (Lipinski definition) is 4. The lowest BCUT2D eigenvalue weighted by Crippen LogP contribution is -2.22. The largest absolute Gasteiger partial charge is 0.375 e. The molecule has 0 aliphatic carbocycles. The van der Waals surface area contributed by atoms with E-state index >= 15 is 0 Å². The fourth-order valence-corrected chi connectivity index (χ4v) is 2.48. The molecule has 96 valence electrons. The SMILES string of the molecule is CCN(CC)c1ccc(-c2csc(N)n2)cc1F. The third kappa shape index (κ3) is 2.46. The van der Waals surface area contributed by atoms with Crippen LogP contribution in [0.4, 0.5) is 15.2 Å². The van der Waals surface area contributed by atoms with E-state index < -0.39 is 0 Å². The quantitative estimate of drug-likeness (QED) is 0.921. The van der Waals surface area contributed by atoms with E-state index in [2.05, 4.69) is 4.98 Å². The van der Waals surface area contributed by atoms with Gasteiger partial charge in [0.25, 0.3) is 0 Å². The number of nitrogens with zero attached hydrogens (tertiary/aromatic N) is 2. The standard InChI is InChI=1S/C13H16FN3S/c1-3-17(4-2)12-6-5-9(7-10(12)14)11-8-18-13(15)16-11/h5-8H,3-4H2,1-2H3,(H2,15,16). The number of rotatable bonds is 4. The smallest absolute Gasteiger partial charge is 0.180 e. The van der Waals surface area contributed by atoms with Crippen molar-refractivity contribution in [3.8, 4) is 11.3 Å². The number of benzene rings is 1. The summed E-state index contributed by atoms with van der Waals surface area (Å²) in [5, 5.41) is 2.33. The molecule has 1 heterocycles. The number of nitrogen functional groups attached to an aromatic ring is 1. The molecule has 0 unspecified atom stereocenters. The Balaban J connectivity index is 2.35. The molecule has 2 aromatic rings. The maximum absolute atomic E-state index is 14.1.